The maximum absolute atomic E-state index is 11.2. The van der Waals surface area contributed by atoms with Crippen molar-refractivity contribution in [3.8, 4) is 11.1 Å². The molecule has 0 aliphatic heterocycles. The van der Waals surface area contributed by atoms with Crippen LogP contribution < -0.4 is 0 Å². The minimum atomic E-state index is -0.887. The molecular weight excluding hydrogens is 212 g/mol. The maximum Gasteiger partial charge on any atom is 0.336 e. The van der Waals surface area contributed by atoms with Crippen molar-refractivity contribution in [1.82, 2.24) is 0 Å². The molecule has 2 heteroatoms. The predicted molar refractivity (Wildman–Crippen MR) is 68.3 cm³/mol. The lowest BCUT2D eigenvalue weighted by Gasteiger charge is -2.11. The Kier molecular flexibility index (Phi) is 2.96. The zero-order valence-electron chi connectivity index (χ0n) is 9.90. The van der Waals surface area contributed by atoms with Crippen molar-refractivity contribution in [3.63, 3.8) is 0 Å². The first-order valence-corrected chi connectivity index (χ1v) is 5.50. The summed E-state index contributed by atoms with van der Waals surface area (Å²) in [6, 6.07) is 13.1. The molecule has 86 valence electrons. The number of carboxylic acid groups (broad SMARTS) is 1. The van der Waals surface area contributed by atoms with Gasteiger partial charge in [-0.25, -0.2) is 4.79 Å². The monoisotopic (exact) mass is 226 g/mol. The van der Waals surface area contributed by atoms with Crippen LogP contribution in [0.1, 0.15) is 21.5 Å². The third-order valence-electron chi connectivity index (χ3n) is 3.05. The first kappa shape index (κ1) is 11.4. The van der Waals surface area contributed by atoms with Gasteiger partial charge in [0.1, 0.15) is 0 Å². The fourth-order valence-electron chi connectivity index (χ4n) is 1.95. The molecule has 2 aromatic rings. The summed E-state index contributed by atoms with van der Waals surface area (Å²) in [5.74, 6) is -0.887. The standard InChI is InChI=1S/C15H14O2/c1-10-6-5-9-12(11(10)2)13-7-3-4-8-14(13)15(16)17/h3-9H,1-2H3,(H,16,17). The van der Waals surface area contributed by atoms with E-state index in [2.05, 4.69) is 0 Å². The molecule has 0 unspecified atom stereocenters. The van der Waals surface area contributed by atoms with Crippen LogP contribution in [0.3, 0.4) is 0 Å². The van der Waals surface area contributed by atoms with Gasteiger partial charge in [-0.2, -0.15) is 0 Å². The molecule has 0 saturated carbocycles. The Morgan fingerprint density at radius 3 is 2.29 bits per heavy atom. The molecule has 2 aromatic carbocycles. The Morgan fingerprint density at radius 1 is 0.941 bits per heavy atom. The second kappa shape index (κ2) is 4.42. The number of aryl methyl sites for hydroxylation is 1. The van der Waals surface area contributed by atoms with Crippen molar-refractivity contribution in [2.24, 2.45) is 0 Å². The predicted octanol–water partition coefficient (Wildman–Crippen LogP) is 3.67. The van der Waals surface area contributed by atoms with Gasteiger partial charge < -0.3 is 5.11 Å². The van der Waals surface area contributed by atoms with Gasteiger partial charge >= 0.3 is 5.97 Å². The lowest BCUT2D eigenvalue weighted by molar-refractivity contribution is 0.0698. The van der Waals surface area contributed by atoms with Crippen LogP contribution in [0.25, 0.3) is 11.1 Å². The highest BCUT2D eigenvalue weighted by Gasteiger charge is 2.12. The molecule has 0 fully saturated rings. The van der Waals surface area contributed by atoms with E-state index in [0.29, 0.717) is 5.56 Å². The summed E-state index contributed by atoms with van der Waals surface area (Å²) in [5.41, 5.74) is 4.41. The fourth-order valence-corrected chi connectivity index (χ4v) is 1.95. The molecule has 0 atom stereocenters. The number of rotatable bonds is 2. The van der Waals surface area contributed by atoms with Crippen molar-refractivity contribution in [1.29, 1.82) is 0 Å². The van der Waals surface area contributed by atoms with Gasteiger partial charge in [-0.15, -0.1) is 0 Å². The first-order valence-electron chi connectivity index (χ1n) is 5.50. The van der Waals surface area contributed by atoms with Crippen molar-refractivity contribution < 1.29 is 9.90 Å². The highest BCUT2D eigenvalue weighted by molar-refractivity contribution is 5.96. The smallest absolute Gasteiger partial charge is 0.336 e. The molecule has 0 amide bonds. The second-order valence-corrected chi connectivity index (χ2v) is 4.10. The van der Waals surface area contributed by atoms with Crippen LogP contribution in [0.5, 0.6) is 0 Å². The summed E-state index contributed by atoms with van der Waals surface area (Å²) >= 11 is 0. The highest BCUT2D eigenvalue weighted by Crippen LogP contribution is 2.28. The Hall–Kier alpha value is -2.09. The van der Waals surface area contributed by atoms with Crippen molar-refractivity contribution in [2.75, 3.05) is 0 Å². The van der Waals surface area contributed by atoms with Crippen LogP contribution in [0.4, 0.5) is 0 Å². The maximum atomic E-state index is 11.2. The summed E-state index contributed by atoms with van der Waals surface area (Å²) in [5, 5.41) is 9.19. The number of hydrogen-bond acceptors (Lipinski definition) is 1. The molecule has 17 heavy (non-hydrogen) atoms. The molecule has 0 aromatic heterocycles. The van der Waals surface area contributed by atoms with Gasteiger partial charge in [0, 0.05) is 0 Å². The van der Waals surface area contributed by atoms with Crippen LogP contribution in [0, 0.1) is 13.8 Å². The van der Waals surface area contributed by atoms with Crippen LogP contribution >= 0.6 is 0 Å². The fraction of sp³-hybridized carbons (Fsp3) is 0.133. The topological polar surface area (TPSA) is 37.3 Å². The average Bonchev–Trinajstić information content (AvgIpc) is 2.33. The average molecular weight is 226 g/mol. The van der Waals surface area contributed by atoms with Gasteiger partial charge in [0.25, 0.3) is 0 Å². The zero-order valence-corrected chi connectivity index (χ0v) is 9.90. The molecule has 0 saturated heterocycles. The van der Waals surface area contributed by atoms with Crippen molar-refractivity contribution in [2.45, 2.75) is 13.8 Å². The quantitative estimate of drug-likeness (QED) is 0.848. The summed E-state index contributed by atoms with van der Waals surface area (Å²) in [7, 11) is 0. The van der Waals surface area contributed by atoms with Gasteiger partial charge in [-0.05, 0) is 42.2 Å². The third kappa shape index (κ3) is 2.07. The van der Waals surface area contributed by atoms with Gasteiger partial charge in [-0.1, -0.05) is 36.4 Å². The SMILES string of the molecule is Cc1cccc(-c2ccccc2C(=O)O)c1C. The van der Waals surface area contributed by atoms with E-state index in [9.17, 15) is 9.90 Å². The number of benzene rings is 2. The summed E-state index contributed by atoms with van der Waals surface area (Å²) in [6.45, 7) is 4.05. The summed E-state index contributed by atoms with van der Waals surface area (Å²) in [6.07, 6.45) is 0. The van der Waals surface area contributed by atoms with Gasteiger partial charge in [0.15, 0.2) is 0 Å². The van der Waals surface area contributed by atoms with Crippen LogP contribution in [-0.4, -0.2) is 11.1 Å². The minimum Gasteiger partial charge on any atom is -0.478 e. The number of carbonyl (C=O) groups is 1. The van der Waals surface area contributed by atoms with Crippen LogP contribution in [-0.2, 0) is 0 Å². The Morgan fingerprint density at radius 2 is 1.59 bits per heavy atom. The third-order valence-corrected chi connectivity index (χ3v) is 3.05. The summed E-state index contributed by atoms with van der Waals surface area (Å²) < 4.78 is 0. The van der Waals surface area contributed by atoms with Crippen molar-refractivity contribution >= 4 is 5.97 Å². The molecule has 2 rings (SSSR count). The molecule has 2 nitrogen and oxygen atoms in total. The number of carboxylic acids is 1. The zero-order chi connectivity index (χ0) is 12.4. The molecule has 0 bridgehead atoms. The molecular formula is C15H14O2. The van der Waals surface area contributed by atoms with E-state index in [0.717, 1.165) is 16.7 Å². The van der Waals surface area contributed by atoms with E-state index in [1.54, 1.807) is 12.1 Å². The Bertz CT molecular complexity index is 571. The van der Waals surface area contributed by atoms with E-state index in [1.165, 1.54) is 5.56 Å². The van der Waals surface area contributed by atoms with Gasteiger partial charge in [0.2, 0.25) is 0 Å². The Balaban J connectivity index is 2.69. The molecule has 0 spiro atoms. The molecule has 0 heterocycles. The van der Waals surface area contributed by atoms with Crippen LogP contribution in [0.15, 0.2) is 42.5 Å². The molecule has 0 aliphatic rings. The largest absolute Gasteiger partial charge is 0.478 e. The Labute approximate surface area is 101 Å². The molecule has 0 radical (unpaired) electrons. The van der Waals surface area contributed by atoms with E-state index < -0.39 is 5.97 Å². The first-order chi connectivity index (χ1) is 8.11. The van der Waals surface area contributed by atoms with E-state index in [1.807, 2.05) is 44.2 Å². The van der Waals surface area contributed by atoms with E-state index >= 15 is 0 Å². The highest BCUT2D eigenvalue weighted by atomic mass is 16.4. The lowest BCUT2D eigenvalue weighted by atomic mass is 9.94. The van der Waals surface area contributed by atoms with Gasteiger partial charge in [0.05, 0.1) is 5.56 Å². The minimum absolute atomic E-state index is 0.348. The van der Waals surface area contributed by atoms with E-state index in [4.69, 9.17) is 0 Å². The van der Waals surface area contributed by atoms with Crippen molar-refractivity contribution in [3.05, 3.63) is 59.2 Å². The second-order valence-electron chi connectivity index (χ2n) is 4.10. The normalized spacial score (nSPS) is 10.2. The van der Waals surface area contributed by atoms with Crippen LogP contribution in [0.2, 0.25) is 0 Å². The lowest BCUT2D eigenvalue weighted by Crippen LogP contribution is -2.00. The van der Waals surface area contributed by atoms with Gasteiger partial charge in [-0.3, -0.25) is 0 Å². The summed E-state index contributed by atoms with van der Waals surface area (Å²) in [4.78, 5) is 11.2. The van der Waals surface area contributed by atoms with E-state index in [-0.39, 0.29) is 0 Å². The number of hydrogen-bond donors (Lipinski definition) is 1. The molecule has 1 N–H and O–H groups in total. The number of aromatic carboxylic acids is 1. The molecule has 0 aliphatic carbocycles.